The standard InChI is InChI=1S/C17H21NO5/c1-4-22-16(21)11-10-15(18-12(2)19)17(23-13(3)20)14-8-6-5-7-9-14/h5-11,15,17H,4H2,1-3H3,(H,18,19)/b11-10+/t15-,17-/m1/s1. The maximum Gasteiger partial charge on any atom is 0.330 e. The third kappa shape index (κ3) is 6.78. The Morgan fingerprint density at radius 2 is 1.83 bits per heavy atom. The Hall–Kier alpha value is -2.63. The molecular weight excluding hydrogens is 298 g/mol. The van der Waals surface area contributed by atoms with Crippen LogP contribution in [0.5, 0.6) is 0 Å². The minimum absolute atomic E-state index is 0.250. The summed E-state index contributed by atoms with van der Waals surface area (Å²) in [7, 11) is 0. The van der Waals surface area contributed by atoms with Gasteiger partial charge < -0.3 is 14.8 Å². The summed E-state index contributed by atoms with van der Waals surface area (Å²) in [5.74, 6) is -1.33. The van der Waals surface area contributed by atoms with Crippen molar-refractivity contribution < 1.29 is 23.9 Å². The van der Waals surface area contributed by atoms with E-state index in [1.54, 1.807) is 31.2 Å². The Kier molecular flexibility index (Phi) is 7.53. The molecule has 1 N–H and O–H groups in total. The second-order valence-electron chi connectivity index (χ2n) is 4.78. The molecule has 0 aromatic heterocycles. The maximum atomic E-state index is 11.5. The van der Waals surface area contributed by atoms with Crippen molar-refractivity contribution in [2.75, 3.05) is 6.61 Å². The highest BCUT2D eigenvalue weighted by Crippen LogP contribution is 2.22. The number of hydrogen-bond acceptors (Lipinski definition) is 5. The number of rotatable bonds is 7. The zero-order chi connectivity index (χ0) is 17.2. The van der Waals surface area contributed by atoms with Crippen LogP contribution in [-0.2, 0) is 23.9 Å². The van der Waals surface area contributed by atoms with Crippen molar-refractivity contribution in [3.8, 4) is 0 Å². The van der Waals surface area contributed by atoms with E-state index in [1.807, 2.05) is 6.07 Å². The third-order valence-electron chi connectivity index (χ3n) is 2.84. The first-order chi connectivity index (χ1) is 10.9. The van der Waals surface area contributed by atoms with E-state index >= 15 is 0 Å². The molecule has 6 nitrogen and oxygen atoms in total. The minimum Gasteiger partial charge on any atom is -0.463 e. The largest absolute Gasteiger partial charge is 0.463 e. The Morgan fingerprint density at radius 1 is 1.17 bits per heavy atom. The highest BCUT2D eigenvalue weighted by atomic mass is 16.5. The van der Waals surface area contributed by atoms with Crippen LogP contribution in [0.15, 0.2) is 42.5 Å². The van der Waals surface area contributed by atoms with E-state index in [0.29, 0.717) is 5.56 Å². The van der Waals surface area contributed by atoms with E-state index in [1.165, 1.54) is 26.0 Å². The summed E-state index contributed by atoms with van der Waals surface area (Å²) in [6, 6.07) is 8.29. The van der Waals surface area contributed by atoms with Crippen molar-refractivity contribution in [2.45, 2.75) is 32.9 Å². The van der Waals surface area contributed by atoms with Crippen molar-refractivity contribution >= 4 is 17.8 Å². The van der Waals surface area contributed by atoms with Crippen molar-refractivity contribution in [3.05, 3.63) is 48.0 Å². The summed E-state index contributed by atoms with van der Waals surface area (Å²) in [6.07, 6.45) is 1.92. The van der Waals surface area contributed by atoms with Gasteiger partial charge in [-0.25, -0.2) is 4.79 Å². The van der Waals surface area contributed by atoms with Crippen molar-refractivity contribution in [1.29, 1.82) is 0 Å². The van der Waals surface area contributed by atoms with Crippen molar-refractivity contribution in [2.24, 2.45) is 0 Å². The molecule has 1 aromatic rings. The molecule has 0 spiro atoms. The van der Waals surface area contributed by atoms with Crippen LogP contribution in [-0.4, -0.2) is 30.5 Å². The summed E-state index contributed by atoms with van der Waals surface area (Å²) in [5, 5.41) is 2.67. The van der Waals surface area contributed by atoms with Crippen molar-refractivity contribution in [1.82, 2.24) is 5.32 Å². The van der Waals surface area contributed by atoms with Crippen LogP contribution in [0.2, 0.25) is 0 Å². The predicted octanol–water partition coefficient (Wildman–Crippen LogP) is 1.91. The zero-order valence-electron chi connectivity index (χ0n) is 13.4. The predicted molar refractivity (Wildman–Crippen MR) is 84.3 cm³/mol. The highest BCUT2D eigenvalue weighted by Gasteiger charge is 2.25. The van der Waals surface area contributed by atoms with E-state index in [9.17, 15) is 14.4 Å². The molecule has 0 saturated heterocycles. The Bertz CT molecular complexity index is 568. The SMILES string of the molecule is CCOC(=O)/C=C/[C@@H](NC(C)=O)[C@H](OC(C)=O)c1ccccc1. The van der Waals surface area contributed by atoms with Gasteiger partial charge in [0.05, 0.1) is 12.6 Å². The lowest BCUT2D eigenvalue weighted by Gasteiger charge is -2.25. The lowest BCUT2D eigenvalue weighted by atomic mass is 10.0. The van der Waals surface area contributed by atoms with Crippen LogP contribution in [0.1, 0.15) is 32.4 Å². The molecule has 0 aliphatic heterocycles. The van der Waals surface area contributed by atoms with Crippen LogP contribution in [0.3, 0.4) is 0 Å². The summed E-state index contributed by atoms with van der Waals surface area (Å²) in [6.45, 7) is 4.58. The molecule has 0 radical (unpaired) electrons. The molecule has 0 saturated carbocycles. The number of esters is 2. The molecule has 0 unspecified atom stereocenters. The molecule has 1 aromatic carbocycles. The number of amides is 1. The second kappa shape index (κ2) is 9.40. The average molecular weight is 319 g/mol. The van der Waals surface area contributed by atoms with Gasteiger partial charge in [0.2, 0.25) is 5.91 Å². The summed E-state index contributed by atoms with van der Waals surface area (Å²) in [4.78, 5) is 34.3. The smallest absolute Gasteiger partial charge is 0.330 e. The normalized spacial score (nSPS) is 13.2. The van der Waals surface area contributed by atoms with Gasteiger partial charge in [-0.1, -0.05) is 36.4 Å². The van der Waals surface area contributed by atoms with Crippen LogP contribution < -0.4 is 5.32 Å². The fourth-order valence-corrected chi connectivity index (χ4v) is 2.00. The first-order valence-corrected chi connectivity index (χ1v) is 7.28. The topological polar surface area (TPSA) is 81.7 Å². The summed E-state index contributed by atoms with van der Waals surface area (Å²) < 4.78 is 10.2. The third-order valence-corrected chi connectivity index (χ3v) is 2.84. The molecule has 0 aliphatic rings. The number of carbonyl (C=O) groups excluding carboxylic acids is 3. The fraction of sp³-hybridized carbons (Fsp3) is 0.353. The van der Waals surface area contributed by atoms with Gasteiger partial charge >= 0.3 is 11.9 Å². The van der Waals surface area contributed by atoms with Gasteiger partial charge in [0.1, 0.15) is 0 Å². The molecule has 1 amide bonds. The van der Waals surface area contributed by atoms with E-state index in [0.717, 1.165) is 0 Å². The van der Waals surface area contributed by atoms with Crippen LogP contribution in [0.25, 0.3) is 0 Å². The van der Waals surface area contributed by atoms with E-state index < -0.39 is 24.1 Å². The van der Waals surface area contributed by atoms with Crippen molar-refractivity contribution in [3.63, 3.8) is 0 Å². The first-order valence-electron chi connectivity index (χ1n) is 7.28. The van der Waals surface area contributed by atoms with Gasteiger partial charge in [-0.15, -0.1) is 0 Å². The number of nitrogens with one attached hydrogen (secondary N) is 1. The molecule has 0 aliphatic carbocycles. The fourth-order valence-electron chi connectivity index (χ4n) is 2.00. The zero-order valence-corrected chi connectivity index (χ0v) is 13.4. The summed E-state index contributed by atoms with van der Waals surface area (Å²) >= 11 is 0. The summed E-state index contributed by atoms with van der Waals surface area (Å²) in [5.41, 5.74) is 0.704. The molecule has 0 heterocycles. The van der Waals surface area contributed by atoms with Gasteiger partial charge in [0.25, 0.3) is 0 Å². The van der Waals surface area contributed by atoms with E-state index in [4.69, 9.17) is 9.47 Å². The lowest BCUT2D eigenvalue weighted by Crippen LogP contribution is -2.38. The van der Waals surface area contributed by atoms with Crippen LogP contribution in [0.4, 0.5) is 0 Å². The Balaban J connectivity index is 3.08. The van der Waals surface area contributed by atoms with Gasteiger partial charge in [0.15, 0.2) is 6.10 Å². The van der Waals surface area contributed by atoms with Gasteiger partial charge in [-0.05, 0) is 12.5 Å². The number of carbonyl (C=O) groups is 3. The van der Waals surface area contributed by atoms with Gasteiger partial charge in [-0.2, -0.15) is 0 Å². The maximum absolute atomic E-state index is 11.5. The first kappa shape index (κ1) is 18.4. The monoisotopic (exact) mass is 319 g/mol. The minimum atomic E-state index is -0.747. The van der Waals surface area contributed by atoms with Crippen LogP contribution in [0, 0.1) is 0 Å². The highest BCUT2D eigenvalue weighted by molar-refractivity contribution is 5.82. The van der Waals surface area contributed by atoms with Crippen LogP contribution >= 0.6 is 0 Å². The van der Waals surface area contributed by atoms with E-state index in [-0.39, 0.29) is 12.5 Å². The Labute approximate surface area is 135 Å². The van der Waals surface area contributed by atoms with E-state index in [2.05, 4.69) is 5.32 Å². The average Bonchev–Trinajstić information content (AvgIpc) is 2.50. The van der Waals surface area contributed by atoms with Gasteiger partial charge in [0, 0.05) is 19.9 Å². The molecule has 0 bridgehead atoms. The number of hydrogen-bond donors (Lipinski definition) is 1. The molecule has 1 rings (SSSR count). The molecular formula is C17H21NO5. The quantitative estimate of drug-likeness (QED) is 0.613. The second-order valence-corrected chi connectivity index (χ2v) is 4.78. The number of benzene rings is 1. The lowest BCUT2D eigenvalue weighted by molar-refractivity contribution is -0.148. The molecule has 0 fully saturated rings. The molecule has 23 heavy (non-hydrogen) atoms. The number of ether oxygens (including phenoxy) is 2. The molecule has 6 heteroatoms. The molecule has 124 valence electrons. The Morgan fingerprint density at radius 3 is 2.35 bits per heavy atom. The van der Waals surface area contributed by atoms with Gasteiger partial charge in [-0.3, -0.25) is 9.59 Å². The molecule has 2 atom stereocenters.